The van der Waals surface area contributed by atoms with E-state index in [1.54, 1.807) is 18.3 Å². The maximum absolute atomic E-state index is 5.91. The van der Waals surface area contributed by atoms with Gasteiger partial charge in [-0.25, -0.2) is 4.98 Å². The highest BCUT2D eigenvalue weighted by molar-refractivity contribution is 6.32. The number of pyridine rings is 2. The van der Waals surface area contributed by atoms with E-state index in [0.717, 1.165) is 12.1 Å². The average Bonchev–Trinajstić information content (AvgIpc) is 2.42. The summed E-state index contributed by atoms with van der Waals surface area (Å²) in [7, 11) is 0. The third-order valence-electron chi connectivity index (χ3n) is 2.35. The highest BCUT2D eigenvalue weighted by Crippen LogP contribution is 2.19. The van der Waals surface area contributed by atoms with Gasteiger partial charge in [0.25, 0.3) is 0 Å². The van der Waals surface area contributed by atoms with Gasteiger partial charge in [-0.05, 0) is 18.2 Å². The minimum Gasteiger partial charge on any atom is -0.477 e. The summed E-state index contributed by atoms with van der Waals surface area (Å²) in [6, 6.07) is 9.27. The van der Waals surface area contributed by atoms with Crippen molar-refractivity contribution in [1.82, 2.24) is 9.97 Å². The molecular weight excluding hydrogens is 271 g/mol. The van der Waals surface area contributed by atoms with Crippen LogP contribution >= 0.6 is 23.2 Å². The molecule has 3 nitrogen and oxygen atoms in total. The molecule has 2 rings (SSSR count). The van der Waals surface area contributed by atoms with E-state index in [-0.39, 0.29) is 5.88 Å². The summed E-state index contributed by atoms with van der Waals surface area (Å²) in [4.78, 5) is 8.43. The molecule has 0 aliphatic carbocycles. The lowest BCUT2D eigenvalue weighted by molar-refractivity contribution is 0.307. The van der Waals surface area contributed by atoms with Crippen LogP contribution in [0.25, 0.3) is 0 Å². The number of hydrogen-bond acceptors (Lipinski definition) is 3. The summed E-state index contributed by atoms with van der Waals surface area (Å²) in [5.41, 5.74) is 1.62. The van der Waals surface area contributed by atoms with E-state index >= 15 is 0 Å². The largest absolute Gasteiger partial charge is 0.477 e. The van der Waals surface area contributed by atoms with Gasteiger partial charge in [-0.15, -0.1) is 11.6 Å². The highest BCUT2D eigenvalue weighted by atomic mass is 35.5. The molecule has 0 atom stereocenters. The van der Waals surface area contributed by atoms with Crippen molar-refractivity contribution in [1.29, 1.82) is 0 Å². The van der Waals surface area contributed by atoms with Crippen LogP contribution in [0, 0.1) is 0 Å². The molecule has 0 spiro atoms. The molecule has 0 aliphatic heterocycles. The molecule has 2 heterocycles. The van der Waals surface area contributed by atoms with Gasteiger partial charge in [0.05, 0.1) is 23.2 Å². The van der Waals surface area contributed by atoms with Gasteiger partial charge in [0.1, 0.15) is 0 Å². The van der Waals surface area contributed by atoms with E-state index < -0.39 is 0 Å². The fourth-order valence-corrected chi connectivity index (χ4v) is 1.89. The zero-order valence-corrected chi connectivity index (χ0v) is 11.2. The molecule has 0 saturated carbocycles. The van der Waals surface area contributed by atoms with E-state index in [0.29, 0.717) is 23.2 Å². The quantitative estimate of drug-likeness (QED) is 0.788. The Bertz CT molecular complexity index is 506. The minimum absolute atomic E-state index is 0.274. The Labute approximate surface area is 116 Å². The van der Waals surface area contributed by atoms with E-state index in [1.165, 1.54) is 0 Å². The maximum atomic E-state index is 5.91. The predicted octanol–water partition coefficient (Wildman–Crippen LogP) is 3.49. The predicted molar refractivity (Wildman–Crippen MR) is 72.2 cm³/mol. The molecule has 5 heteroatoms. The SMILES string of the molecule is ClCc1nc(OCCc2ccccn2)ccc1Cl. The first-order chi connectivity index (χ1) is 8.79. The van der Waals surface area contributed by atoms with Crippen molar-refractivity contribution in [2.45, 2.75) is 12.3 Å². The van der Waals surface area contributed by atoms with E-state index in [2.05, 4.69) is 9.97 Å². The van der Waals surface area contributed by atoms with Gasteiger partial charge >= 0.3 is 0 Å². The Morgan fingerprint density at radius 3 is 2.78 bits per heavy atom. The smallest absolute Gasteiger partial charge is 0.213 e. The first-order valence-corrected chi connectivity index (χ1v) is 6.45. The van der Waals surface area contributed by atoms with E-state index in [9.17, 15) is 0 Å². The first-order valence-electron chi connectivity index (χ1n) is 5.53. The van der Waals surface area contributed by atoms with Crippen molar-refractivity contribution in [2.75, 3.05) is 6.61 Å². The van der Waals surface area contributed by atoms with Crippen molar-refractivity contribution in [3.63, 3.8) is 0 Å². The molecule has 18 heavy (non-hydrogen) atoms. The van der Waals surface area contributed by atoms with Crippen LogP contribution < -0.4 is 4.74 Å². The van der Waals surface area contributed by atoms with Gasteiger partial charge < -0.3 is 4.74 Å². The summed E-state index contributed by atoms with van der Waals surface area (Å²) in [6.07, 6.45) is 2.50. The lowest BCUT2D eigenvalue weighted by Gasteiger charge is -2.06. The summed E-state index contributed by atoms with van der Waals surface area (Å²) < 4.78 is 5.54. The number of hydrogen-bond donors (Lipinski definition) is 0. The Morgan fingerprint density at radius 1 is 1.17 bits per heavy atom. The Balaban J connectivity index is 1.91. The molecule has 0 N–H and O–H groups in total. The van der Waals surface area contributed by atoms with Crippen LogP contribution in [0.2, 0.25) is 5.02 Å². The van der Waals surface area contributed by atoms with Crippen molar-refractivity contribution < 1.29 is 4.74 Å². The molecule has 0 fully saturated rings. The lowest BCUT2D eigenvalue weighted by Crippen LogP contribution is -2.04. The van der Waals surface area contributed by atoms with Crippen LogP contribution in [-0.4, -0.2) is 16.6 Å². The Hall–Kier alpha value is -1.32. The molecule has 0 saturated heterocycles. The Morgan fingerprint density at radius 2 is 2.06 bits per heavy atom. The molecule has 0 bridgehead atoms. The van der Waals surface area contributed by atoms with Gasteiger partial charge in [0.2, 0.25) is 5.88 Å². The van der Waals surface area contributed by atoms with Crippen molar-refractivity contribution >= 4 is 23.2 Å². The van der Waals surface area contributed by atoms with Crippen LogP contribution in [0.3, 0.4) is 0 Å². The molecule has 2 aromatic heterocycles. The zero-order valence-electron chi connectivity index (χ0n) is 9.64. The molecule has 0 radical (unpaired) electrons. The van der Waals surface area contributed by atoms with Crippen LogP contribution in [0.4, 0.5) is 0 Å². The van der Waals surface area contributed by atoms with E-state index in [4.69, 9.17) is 27.9 Å². The Kier molecular flexibility index (Phi) is 4.79. The second-order valence-electron chi connectivity index (χ2n) is 3.63. The highest BCUT2D eigenvalue weighted by Gasteiger charge is 2.03. The molecule has 94 valence electrons. The second kappa shape index (κ2) is 6.57. The number of ether oxygens (including phenoxy) is 1. The monoisotopic (exact) mass is 282 g/mol. The number of aromatic nitrogens is 2. The van der Waals surface area contributed by atoms with Crippen molar-refractivity contribution in [3.8, 4) is 5.88 Å². The van der Waals surface area contributed by atoms with Crippen molar-refractivity contribution in [2.24, 2.45) is 0 Å². The van der Waals surface area contributed by atoms with Gasteiger partial charge in [-0.2, -0.15) is 0 Å². The van der Waals surface area contributed by atoms with Crippen molar-refractivity contribution in [3.05, 3.63) is 52.9 Å². The van der Waals surface area contributed by atoms with Crippen LogP contribution in [0.1, 0.15) is 11.4 Å². The third kappa shape index (κ3) is 3.59. The van der Waals surface area contributed by atoms with Gasteiger partial charge in [-0.3, -0.25) is 4.98 Å². The van der Waals surface area contributed by atoms with Gasteiger partial charge in [0, 0.05) is 24.4 Å². The molecule has 0 unspecified atom stereocenters. The average molecular weight is 283 g/mol. The van der Waals surface area contributed by atoms with Crippen LogP contribution in [-0.2, 0) is 12.3 Å². The number of rotatable bonds is 5. The summed E-state index contributed by atoms with van der Waals surface area (Å²) in [6.45, 7) is 0.521. The van der Waals surface area contributed by atoms with E-state index in [1.807, 2.05) is 18.2 Å². The maximum Gasteiger partial charge on any atom is 0.213 e. The fraction of sp³-hybridized carbons (Fsp3) is 0.231. The molecular formula is C13H12Cl2N2O. The third-order valence-corrected chi connectivity index (χ3v) is 2.95. The number of alkyl halides is 1. The van der Waals surface area contributed by atoms with Gasteiger partial charge in [-0.1, -0.05) is 17.7 Å². The molecule has 0 aliphatic rings. The fourth-order valence-electron chi connectivity index (χ4n) is 1.44. The standard InChI is InChI=1S/C13H12Cl2N2O/c14-9-12-11(15)4-5-13(17-12)18-8-6-10-3-1-2-7-16-10/h1-5,7H,6,8-9H2. The number of nitrogens with zero attached hydrogens (tertiary/aromatic N) is 2. The molecule has 0 aromatic carbocycles. The van der Waals surface area contributed by atoms with Gasteiger partial charge in [0.15, 0.2) is 0 Å². The summed E-state index contributed by atoms with van der Waals surface area (Å²) in [5, 5.41) is 0.557. The lowest BCUT2D eigenvalue weighted by atomic mass is 10.3. The van der Waals surface area contributed by atoms with Crippen LogP contribution in [0.5, 0.6) is 5.88 Å². The molecule has 2 aromatic rings. The second-order valence-corrected chi connectivity index (χ2v) is 4.31. The summed E-state index contributed by atoms with van der Waals surface area (Å²) >= 11 is 11.6. The minimum atomic E-state index is 0.274. The van der Waals surface area contributed by atoms with Crippen LogP contribution in [0.15, 0.2) is 36.5 Å². The zero-order chi connectivity index (χ0) is 12.8. The number of halogens is 2. The normalized spacial score (nSPS) is 10.3. The topological polar surface area (TPSA) is 35.0 Å². The molecule has 0 amide bonds. The first kappa shape index (κ1) is 13.1. The summed E-state index contributed by atoms with van der Waals surface area (Å²) in [5.74, 6) is 0.807.